The highest BCUT2D eigenvalue weighted by molar-refractivity contribution is 7.18. The van der Waals surface area contributed by atoms with E-state index in [9.17, 15) is 0 Å². The minimum absolute atomic E-state index is 0.651. The SMILES string of the molecule is C=C/C=C(\C=C/C)c1nc(-c2ccc(-c3ccccc3)s2)c2nonc2c1-c1cc(-c2ccccc2)cs1. The molecule has 0 aliphatic heterocycles. The molecule has 0 saturated heterocycles. The number of thiophene rings is 2. The maximum atomic E-state index is 5.34. The van der Waals surface area contributed by atoms with E-state index in [2.05, 4.69) is 76.9 Å². The number of hydrogen-bond acceptors (Lipinski definition) is 6. The smallest absolute Gasteiger partial charge is 0.163 e. The van der Waals surface area contributed by atoms with Crippen LogP contribution < -0.4 is 0 Å². The molecule has 2 aromatic carbocycles. The summed E-state index contributed by atoms with van der Waals surface area (Å²) in [4.78, 5) is 8.46. The second-order valence-electron chi connectivity index (χ2n) is 8.60. The van der Waals surface area contributed by atoms with E-state index >= 15 is 0 Å². The molecule has 4 heterocycles. The van der Waals surface area contributed by atoms with Crippen LogP contribution in [0, 0.1) is 0 Å². The monoisotopic (exact) mass is 529 g/mol. The highest BCUT2D eigenvalue weighted by Gasteiger charge is 2.24. The first-order valence-electron chi connectivity index (χ1n) is 12.2. The van der Waals surface area contributed by atoms with Crippen LogP contribution in [0.15, 0.2) is 120 Å². The summed E-state index contributed by atoms with van der Waals surface area (Å²) in [5.41, 5.74) is 8.25. The number of aromatic nitrogens is 3. The molecule has 0 amide bonds. The normalized spacial score (nSPS) is 12.0. The lowest BCUT2D eigenvalue weighted by atomic mass is 9.99. The second kappa shape index (κ2) is 10.5. The first kappa shape index (κ1) is 24.0. The minimum Gasteiger partial charge on any atom is -0.244 e. The van der Waals surface area contributed by atoms with E-state index in [-0.39, 0.29) is 0 Å². The third-order valence-electron chi connectivity index (χ3n) is 6.18. The Balaban J connectivity index is 1.58. The van der Waals surface area contributed by atoms with Crippen molar-refractivity contribution in [3.8, 4) is 42.6 Å². The predicted octanol–water partition coefficient (Wildman–Crippen LogP) is 9.55. The number of fused-ring (bicyclic) bond motifs is 1. The number of rotatable bonds is 7. The molecule has 4 nitrogen and oxygen atoms in total. The molecule has 0 bridgehead atoms. The van der Waals surface area contributed by atoms with Gasteiger partial charge in [0.25, 0.3) is 0 Å². The van der Waals surface area contributed by atoms with Crippen molar-refractivity contribution in [2.24, 2.45) is 0 Å². The summed E-state index contributed by atoms with van der Waals surface area (Å²) < 4.78 is 5.34. The maximum Gasteiger partial charge on any atom is 0.163 e. The highest BCUT2D eigenvalue weighted by atomic mass is 32.1. The fraction of sp³-hybridized carbons (Fsp3) is 0.0312. The Morgan fingerprint density at radius 1 is 0.816 bits per heavy atom. The number of hydrogen-bond donors (Lipinski definition) is 0. The lowest BCUT2D eigenvalue weighted by Crippen LogP contribution is -1.97. The van der Waals surface area contributed by atoms with E-state index in [0.717, 1.165) is 43.4 Å². The van der Waals surface area contributed by atoms with Gasteiger partial charge in [-0.15, -0.1) is 22.7 Å². The Morgan fingerprint density at radius 2 is 1.53 bits per heavy atom. The summed E-state index contributed by atoms with van der Waals surface area (Å²) in [5.74, 6) is 0. The Hall–Kier alpha value is -4.39. The van der Waals surface area contributed by atoms with E-state index in [0.29, 0.717) is 11.0 Å². The summed E-state index contributed by atoms with van der Waals surface area (Å²) in [5, 5.41) is 10.9. The summed E-state index contributed by atoms with van der Waals surface area (Å²) in [6, 6.07) is 27.1. The molecule has 6 heteroatoms. The fourth-order valence-electron chi connectivity index (χ4n) is 4.45. The van der Waals surface area contributed by atoms with Gasteiger partial charge >= 0.3 is 0 Å². The minimum atomic E-state index is 0.651. The topological polar surface area (TPSA) is 51.8 Å². The van der Waals surface area contributed by atoms with E-state index in [1.807, 2.05) is 49.4 Å². The van der Waals surface area contributed by atoms with Gasteiger partial charge in [-0.2, -0.15) is 0 Å². The third-order valence-corrected chi connectivity index (χ3v) is 8.27. The summed E-state index contributed by atoms with van der Waals surface area (Å²) in [6.07, 6.45) is 7.82. The van der Waals surface area contributed by atoms with Crippen molar-refractivity contribution in [2.75, 3.05) is 0 Å². The highest BCUT2D eigenvalue weighted by Crippen LogP contribution is 2.43. The van der Waals surface area contributed by atoms with Gasteiger partial charge in [-0.1, -0.05) is 91.5 Å². The van der Waals surface area contributed by atoms with E-state index < -0.39 is 0 Å². The average molecular weight is 530 g/mol. The van der Waals surface area contributed by atoms with E-state index in [4.69, 9.17) is 9.61 Å². The van der Waals surface area contributed by atoms with Crippen molar-refractivity contribution in [1.29, 1.82) is 0 Å². The first-order valence-corrected chi connectivity index (χ1v) is 13.9. The molecule has 0 aliphatic carbocycles. The lowest BCUT2D eigenvalue weighted by molar-refractivity contribution is 0.315. The molecular formula is C32H23N3OS2. The molecule has 0 fully saturated rings. The Kier molecular flexibility index (Phi) is 6.65. The standard InChI is InChI=1S/C32H23N3OS2/c1-3-11-23(12-4-2)29-28(27-19-24(20-37-27)21-13-7-5-8-14-21)31-32(35-36-34-31)30(33-29)26-18-17-25(38-26)22-15-9-6-10-16-22/h3-20H,1H2,2H3/b12-4-,23-11+. The van der Waals surface area contributed by atoms with Crippen molar-refractivity contribution in [3.63, 3.8) is 0 Å². The molecule has 0 N–H and O–H groups in total. The largest absolute Gasteiger partial charge is 0.244 e. The third kappa shape index (κ3) is 4.45. The van der Waals surface area contributed by atoms with Crippen LogP contribution in [-0.4, -0.2) is 15.3 Å². The van der Waals surface area contributed by atoms with Crippen molar-refractivity contribution in [3.05, 3.63) is 121 Å². The summed E-state index contributed by atoms with van der Waals surface area (Å²) >= 11 is 3.34. The zero-order chi connectivity index (χ0) is 25.9. The molecule has 6 aromatic rings. The summed E-state index contributed by atoms with van der Waals surface area (Å²) in [7, 11) is 0. The molecule has 184 valence electrons. The van der Waals surface area contributed by atoms with Gasteiger partial charge in [0.2, 0.25) is 0 Å². The molecule has 0 aliphatic rings. The van der Waals surface area contributed by atoms with Crippen LogP contribution in [0.25, 0.3) is 59.2 Å². The van der Waals surface area contributed by atoms with Crippen molar-refractivity contribution in [2.45, 2.75) is 6.92 Å². The molecule has 0 unspecified atom stereocenters. The van der Waals surface area contributed by atoms with Crippen molar-refractivity contribution < 1.29 is 4.63 Å². The Labute approximate surface area is 228 Å². The van der Waals surface area contributed by atoms with Crippen LogP contribution in [0.5, 0.6) is 0 Å². The van der Waals surface area contributed by atoms with Crippen LogP contribution in [0.4, 0.5) is 0 Å². The van der Waals surface area contributed by atoms with E-state index in [1.54, 1.807) is 28.7 Å². The average Bonchev–Trinajstić information content (AvgIpc) is 3.74. The van der Waals surface area contributed by atoms with Crippen LogP contribution in [0.1, 0.15) is 12.6 Å². The number of allylic oxidation sites excluding steroid dienone is 5. The molecule has 38 heavy (non-hydrogen) atoms. The van der Waals surface area contributed by atoms with Crippen LogP contribution in [0.3, 0.4) is 0 Å². The molecular weight excluding hydrogens is 507 g/mol. The van der Waals surface area contributed by atoms with Crippen molar-refractivity contribution >= 4 is 39.3 Å². The molecule has 4 aromatic heterocycles. The van der Waals surface area contributed by atoms with Gasteiger partial charge in [0.15, 0.2) is 5.52 Å². The van der Waals surface area contributed by atoms with Gasteiger partial charge in [-0.3, -0.25) is 0 Å². The van der Waals surface area contributed by atoms with Gasteiger partial charge in [0.05, 0.1) is 10.6 Å². The molecule has 0 radical (unpaired) electrons. The fourth-order valence-corrected chi connectivity index (χ4v) is 6.41. The lowest BCUT2D eigenvalue weighted by Gasteiger charge is -2.11. The molecule has 0 atom stereocenters. The maximum absolute atomic E-state index is 5.34. The second-order valence-corrected chi connectivity index (χ2v) is 10.6. The molecule has 0 saturated carbocycles. The Bertz CT molecular complexity index is 1790. The van der Waals surface area contributed by atoms with Gasteiger partial charge < -0.3 is 0 Å². The molecule has 6 rings (SSSR count). The van der Waals surface area contributed by atoms with Crippen LogP contribution in [0.2, 0.25) is 0 Å². The number of benzene rings is 2. The van der Waals surface area contributed by atoms with Crippen LogP contribution >= 0.6 is 22.7 Å². The zero-order valence-corrected chi connectivity index (χ0v) is 22.3. The number of nitrogens with zero attached hydrogens (tertiary/aromatic N) is 3. The first-order chi connectivity index (χ1) is 18.8. The predicted molar refractivity (Wildman–Crippen MR) is 160 cm³/mol. The van der Waals surface area contributed by atoms with Crippen LogP contribution in [-0.2, 0) is 0 Å². The zero-order valence-electron chi connectivity index (χ0n) is 20.7. The molecule has 0 spiro atoms. The van der Waals surface area contributed by atoms with Gasteiger partial charge in [0, 0.05) is 20.9 Å². The van der Waals surface area contributed by atoms with E-state index in [1.165, 1.54) is 10.4 Å². The number of pyridine rings is 1. The van der Waals surface area contributed by atoms with Crippen molar-refractivity contribution in [1.82, 2.24) is 15.3 Å². The quantitative estimate of drug-likeness (QED) is 0.193. The summed E-state index contributed by atoms with van der Waals surface area (Å²) in [6.45, 7) is 5.94. The Morgan fingerprint density at radius 3 is 2.26 bits per heavy atom. The van der Waals surface area contributed by atoms with Gasteiger partial charge in [-0.05, 0) is 57.5 Å². The van der Waals surface area contributed by atoms with Gasteiger partial charge in [-0.25, -0.2) is 9.61 Å². The van der Waals surface area contributed by atoms with Gasteiger partial charge in [0.1, 0.15) is 11.2 Å².